The molecule has 2 rings (SSSR count). The second kappa shape index (κ2) is 6.72. The third-order valence-electron chi connectivity index (χ3n) is 4.18. The summed E-state index contributed by atoms with van der Waals surface area (Å²) in [7, 11) is 0. The number of carboxylic acid groups (broad SMARTS) is 1. The Morgan fingerprint density at radius 1 is 1.29 bits per heavy atom. The van der Waals surface area contributed by atoms with Gasteiger partial charge in [0.05, 0.1) is 11.8 Å². The largest absolute Gasteiger partial charge is 0.481 e. The summed E-state index contributed by atoms with van der Waals surface area (Å²) in [5, 5.41) is 9.12. The van der Waals surface area contributed by atoms with Crippen molar-refractivity contribution in [3.8, 4) is 0 Å². The van der Waals surface area contributed by atoms with Gasteiger partial charge >= 0.3 is 11.9 Å². The van der Waals surface area contributed by atoms with Gasteiger partial charge in [0.25, 0.3) is 0 Å². The average molecular weight is 291 g/mol. The number of hydrogen-bond donors (Lipinski definition) is 2. The lowest BCUT2D eigenvalue weighted by Gasteiger charge is -2.39. The number of hydrogen-bond acceptors (Lipinski definition) is 4. The Kier molecular flexibility index (Phi) is 4.96. The number of aliphatic carboxylic acids is 1. The summed E-state index contributed by atoms with van der Waals surface area (Å²) in [5.41, 5.74) is 5.86. The van der Waals surface area contributed by atoms with E-state index in [9.17, 15) is 9.59 Å². The molecule has 1 aliphatic carbocycles. The molecule has 0 amide bonds. The quantitative estimate of drug-likeness (QED) is 0.811. The lowest BCUT2D eigenvalue weighted by Crippen LogP contribution is -2.51. The van der Waals surface area contributed by atoms with Crippen LogP contribution >= 0.6 is 0 Å². The van der Waals surface area contributed by atoms with Crippen LogP contribution in [0.25, 0.3) is 0 Å². The molecule has 5 nitrogen and oxygen atoms in total. The average Bonchev–Trinajstić information content (AvgIpc) is 2.48. The first kappa shape index (κ1) is 15.5. The van der Waals surface area contributed by atoms with Gasteiger partial charge in [-0.05, 0) is 18.4 Å². The van der Waals surface area contributed by atoms with Crippen LogP contribution in [0.3, 0.4) is 0 Å². The maximum Gasteiger partial charge on any atom is 0.314 e. The molecule has 0 radical (unpaired) electrons. The minimum atomic E-state index is -1.08. The molecule has 5 heteroatoms. The lowest BCUT2D eigenvalue weighted by atomic mass is 9.68. The zero-order valence-electron chi connectivity index (χ0n) is 12.0. The molecule has 0 bridgehead atoms. The van der Waals surface area contributed by atoms with E-state index in [1.54, 1.807) is 0 Å². The summed E-state index contributed by atoms with van der Waals surface area (Å²) in [6.07, 6.45) is 2.61. The first-order valence-electron chi connectivity index (χ1n) is 7.23. The van der Waals surface area contributed by atoms with Crippen LogP contribution in [-0.2, 0) is 20.9 Å². The summed E-state index contributed by atoms with van der Waals surface area (Å²) >= 11 is 0. The number of carbonyl (C=O) groups is 2. The van der Waals surface area contributed by atoms with Gasteiger partial charge in [-0.25, -0.2) is 0 Å². The van der Waals surface area contributed by atoms with Gasteiger partial charge in [0.1, 0.15) is 6.61 Å². The third kappa shape index (κ3) is 3.61. The predicted molar refractivity (Wildman–Crippen MR) is 77.4 cm³/mol. The standard InChI is InChI=1S/C16H21NO4/c17-13-8-4-5-9-16(13,10-14(18)19)15(20)21-11-12-6-2-1-3-7-12/h1-3,6-7,13H,4-5,8-11,17H2,(H,18,19). The van der Waals surface area contributed by atoms with Crippen molar-refractivity contribution in [3.05, 3.63) is 35.9 Å². The maximum absolute atomic E-state index is 12.5. The molecule has 2 atom stereocenters. The SMILES string of the molecule is NC1CCCCC1(CC(=O)O)C(=O)OCc1ccccc1. The second-order valence-corrected chi connectivity index (χ2v) is 5.64. The van der Waals surface area contributed by atoms with Crippen LogP contribution in [0.1, 0.15) is 37.7 Å². The Hall–Kier alpha value is -1.88. The van der Waals surface area contributed by atoms with Crippen molar-refractivity contribution in [1.82, 2.24) is 0 Å². The fraction of sp³-hybridized carbons (Fsp3) is 0.500. The van der Waals surface area contributed by atoms with Gasteiger partial charge in [0.2, 0.25) is 0 Å². The van der Waals surface area contributed by atoms with Crippen molar-refractivity contribution in [2.75, 3.05) is 0 Å². The summed E-state index contributed by atoms with van der Waals surface area (Å²) in [6.45, 7) is 0.147. The normalized spacial score (nSPS) is 25.3. The van der Waals surface area contributed by atoms with Crippen molar-refractivity contribution >= 4 is 11.9 Å². The highest BCUT2D eigenvalue weighted by molar-refractivity contribution is 5.83. The fourth-order valence-electron chi connectivity index (χ4n) is 2.95. The monoisotopic (exact) mass is 291 g/mol. The molecule has 2 unspecified atom stereocenters. The number of carbonyl (C=O) groups excluding carboxylic acids is 1. The van der Waals surface area contributed by atoms with Crippen LogP contribution in [-0.4, -0.2) is 23.1 Å². The van der Waals surface area contributed by atoms with Crippen molar-refractivity contribution < 1.29 is 19.4 Å². The maximum atomic E-state index is 12.5. The van der Waals surface area contributed by atoms with Crippen molar-refractivity contribution in [1.29, 1.82) is 0 Å². The van der Waals surface area contributed by atoms with E-state index < -0.39 is 23.4 Å². The highest BCUT2D eigenvalue weighted by atomic mass is 16.5. The van der Waals surface area contributed by atoms with Crippen molar-refractivity contribution in [2.24, 2.45) is 11.1 Å². The highest BCUT2D eigenvalue weighted by Gasteiger charge is 2.48. The van der Waals surface area contributed by atoms with E-state index in [1.165, 1.54) is 0 Å². The topological polar surface area (TPSA) is 89.6 Å². The van der Waals surface area contributed by atoms with Gasteiger partial charge in [-0.15, -0.1) is 0 Å². The van der Waals surface area contributed by atoms with E-state index in [0.29, 0.717) is 12.8 Å². The molecule has 0 aromatic heterocycles. The van der Waals surface area contributed by atoms with E-state index in [2.05, 4.69) is 0 Å². The lowest BCUT2D eigenvalue weighted by molar-refractivity contribution is -0.166. The number of nitrogens with two attached hydrogens (primary N) is 1. The number of esters is 1. The summed E-state index contributed by atoms with van der Waals surface area (Å²) < 4.78 is 5.36. The molecule has 114 valence electrons. The summed E-state index contributed by atoms with van der Waals surface area (Å²) in [4.78, 5) is 23.6. The fourth-order valence-corrected chi connectivity index (χ4v) is 2.95. The molecule has 1 aromatic rings. The molecule has 3 N–H and O–H groups in total. The summed E-state index contributed by atoms with van der Waals surface area (Å²) in [5.74, 6) is -1.50. The van der Waals surface area contributed by atoms with Gasteiger partial charge in [0, 0.05) is 6.04 Å². The van der Waals surface area contributed by atoms with Crippen molar-refractivity contribution in [3.63, 3.8) is 0 Å². The molecule has 1 aliphatic rings. The first-order valence-corrected chi connectivity index (χ1v) is 7.23. The second-order valence-electron chi connectivity index (χ2n) is 5.64. The zero-order valence-corrected chi connectivity index (χ0v) is 12.0. The van der Waals surface area contributed by atoms with Crippen LogP contribution < -0.4 is 5.73 Å². The minimum Gasteiger partial charge on any atom is -0.481 e. The number of carboxylic acids is 1. The molecular weight excluding hydrogens is 270 g/mol. The van der Waals surface area contributed by atoms with Gasteiger partial charge in [0.15, 0.2) is 0 Å². The van der Waals surface area contributed by atoms with Crippen LogP contribution in [0.15, 0.2) is 30.3 Å². The molecule has 21 heavy (non-hydrogen) atoms. The number of rotatable bonds is 5. The predicted octanol–water partition coefficient (Wildman–Crippen LogP) is 2.09. The van der Waals surface area contributed by atoms with E-state index in [-0.39, 0.29) is 13.0 Å². The molecule has 1 saturated carbocycles. The van der Waals surface area contributed by atoms with Crippen LogP contribution in [0.4, 0.5) is 0 Å². The Morgan fingerprint density at radius 3 is 2.62 bits per heavy atom. The zero-order chi connectivity index (χ0) is 15.3. The molecule has 0 spiro atoms. The Balaban J connectivity index is 2.09. The Labute approximate surface area is 124 Å². The third-order valence-corrected chi connectivity index (χ3v) is 4.18. The minimum absolute atomic E-state index is 0.147. The van der Waals surface area contributed by atoms with Crippen LogP contribution in [0, 0.1) is 5.41 Å². The van der Waals surface area contributed by atoms with Gasteiger partial charge in [-0.3, -0.25) is 9.59 Å². The molecule has 0 saturated heterocycles. The Morgan fingerprint density at radius 2 is 2.00 bits per heavy atom. The van der Waals surface area contributed by atoms with Crippen LogP contribution in [0.2, 0.25) is 0 Å². The van der Waals surface area contributed by atoms with Crippen LogP contribution in [0.5, 0.6) is 0 Å². The number of benzene rings is 1. The molecule has 1 aromatic carbocycles. The van der Waals surface area contributed by atoms with Gasteiger partial charge < -0.3 is 15.6 Å². The smallest absolute Gasteiger partial charge is 0.314 e. The Bertz CT molecular complexity index is 502. The molecular formula is C16H21NO4. The van der Waals surface area contributed by atoms with E-state index in [1.807, 2.05) is 30.3 Å². The van der Waals surface area contributed by atoms with E-state index >= 15 is 0 Å². The van der Waals surface area contributed by atoms with E-state index in [4.69, 9.17) is 15.6 Å². The van der Waals surface area contributed by atoms with Gasteiger partial charge in [-0.1, -0.05) is 43.2 Å². The van der Waals surface area contributed by atoms with Gasteiger partial charge in [-0.2, -0.15) is 0 Å². The molecule has 1 fully saturated rings. The van der Waals surface area contributed by atoms with E-state index in [0.717, 1.165) is 18.4 Å². The van der Waals surface area contributed by atoms with Crippen molar-refractivity contribution in [2.45, 2.75) is 44.8 Å². The molecule has 0 heterocycles. The first-order chi connectivity index (χ1) is 10.0. The molecule has 0 aliphatic heterocycles. The summed E-state index contributed by atoms with van der Waals surface area (Å²) in [6, 6.07) is 8.88. The highest BCUT2D eigenvalue weighted by Crippen LogP contribution is 2.40. The number of ether oxygens (including phenoxy) is 1.